The predicted octanol–water partition coefficient (Wildman–Crippen LogP) is 4.28. The summed E-state index contributed by atoms with van der Waals surface area (Å²) < 4.78 is 39.0. The molecule has 0 heterocycles. The SMILES string of the molecule is CC(Nc1ccc(F)cc1)c1ccc(F)cc1F. The highest BCUT2D eigenvalue weighted by Gasteiger charge is 2.11. The van der Waals surface area contributed by atoms with Crippen molar-refractivity contribution in [3.8, 4) is 0 Å². The maximum atomic E-state index is 13.5. The summed E-state index contributed by atoms with van der Waals surface area (Å²) >= 11 is 0. The van der Waals surface area contributed by atoms with Gasteiger partial charge in [-0.3, -0.25) is 0 Å². The van der Waals surface area contributed by atoms with Crippen molar-refractivity contribution in [2.75, 3.05) is 5.32 Å². The quantitative estimate of drug-likeness (QED) is 0.858. The van der Waals surface area contributed by atoms with E-state index in [1.165, 1.54) is 24.3 Å². The Morgan fingerprint density at radius 1 is 0.889 bits per heavy atom. The Bertz CT molecular complexity index is 537. The Morgan fingerprint density at radius 3 is 2.11 bits per heavy atom. The number of anilines is 1. The van der Waals surface area contributed by atoms with Gasteiger partial charge >= 0.3 is 0 Å². The maximum Gasteiger partial charge on any atom is 0.131 e. The molecule has 1 N–H and O–H groups in total. The average molecular weight is 251 g/mol. The van der Waals surface area contributed by atoms with Crippen molar-refractivity contribution in [2.45, 2.75) is 13.0 Å². The van der Waals surface area contributed by atoms with Gasteiger partial charge in [0.1, 0.15) is 17.5 Å². The fraction of sp³-hybridized carbons (Fsp3) is 0.143. The monoisotopic (exact) mass is 251 g/mol. The van der Waals surface area contributed by atoms with Gasteiger partial charge in [0.2, 0.25) is 0 Å². The molecule has 0 radical (unpaired) electrons. The summed E-state index contributed by atoms with van der Waals surface area (Å²) in [5.74, 6) is -1.54. The summed E-state index contributed by atoms with van der Waals surface area (Å²) in [7, 11) is 0. The van der Waals surface area contributed by atoms with E-state index in [2.05, 4.69) is 5.32 Å². The van der Waals surface area contributed by atoms with Gasteiger partial charge < -0.3 is 5.32 Å². The Hall–Kier alpha value is -1.97. The summed E-state index contributed by atoms with van der Waals surface area (Å²) in [5, 5.41) is 3.02. The van der Waals surface area contributed by atoms with Gasteiger partial charge in [0, 0.05) is 17.3 Å². The van der Waals surface area contributed by atoms with Crippen LogP contribution in [0.4, 0.5) is 18.9 Å². The molecule has 2 aromatic carbocycles. The van der Waals surface area contributed by atoms with Crippen molar-refractivity contribution in [1.82, 2.24) is 0 Å². The minimum absolute atomic E-state index is 0.332. The van der Waals surface area contributed by atoms with Crippen LogP contribution in [0.15, 0.2) is 42.5 Å². The van der Waals surface area contributed by atoms with Gasteiger partial charge in [0.15, 0.2) is 0 Å². The van der Waals surface area contributed by atoms with Crippen molar-refractivity contribution in [2.24, 2.45) is 0 Å². The van der Waals surface area contributed by atoms with Gasteiger partial charge in [-0.2, -0.15) is 0 Å². The molecule has 0 spiro atoms. The van der Waals surface area contributed by atoms with Crippen molar-refractivity contribution >= 4 is 5.69 Å². The van der Waals surface area contributed by atoms with Gasteiger partial charge in [0.05, 0.1) is 6.04 Å². The normalized spacial score (nSPS) is 12.2. The van der Waals surface area contributed by atoms with Gasteiger partial charge in [0.25, 0.3) is 0 Å². The van der Waals surface area contributed by atoms with E-state index in [4.69, 9.17) is 0 Å². The van der Waals surface area contributed by atoms with E-state index in [1.807, 2.05) is 0 Å². The number of rotatable bonds is 3. The molecule has 0 saturated heterocycles. The molecule has 0 fully saturated rings. The third-order valence-electron chi connectivity index (χ3n) is 2.66. The molecule has 0 aliphatic heterocycles. The zero-order chi connectivity index (χ0) is 13.1. The minimum atomic E-state index is -0.606. The molecular weight excluding hydrogens is 239 g/mol. The summed E-state index contributed by atoms with van der Waals surface area (Å²) in [4.78, 5) is 0. The molecule has 0 bridgehead atoms. The van der Waals surface area contributed by atoms with Crippen LogP contribution in [0.5, 0.6) is 0 Å². The lowest BCUT2D eigenvalue weighted by Crippen LogP contribution is -2.08. The highest BCUT2D eigenvalue weighted by molar-refractivity contribution is 5.45. The number of benzene rings is 2. The molecule has 1 atom stereocenters. The van der Waals surface area contributed by atoms with Crippen LogP contribution < -0.4 is 5.32 Å². The molecule has 0 aliphatic carbocycles. The molecule has 18 heavy (non-hydrogen) atoms. The number of nitrogens with one attached hydrogen (secondary N) is 1. The first-order chi connectivity index (χ1) is 8.56. The van der Waals surface area contributed by atoms with E-state index in [-0.39, 0.29) is 11.9 Å². The molecule has 0 amide bonds. The van der Waals surface area contributed by atoms with E-state index >= 15 is 0 Å². The standard InChI is InChI=1S/C14H12F3N/c1-9(13-7-4-11(16)8-14(13)17)18-12-5-2-10(15)3-6-12/h2-9,18H,1H3. The van der Waals surface area contributed by atoms with Crippen LogP contribution in [-0.2, 0) is 0 Å². The van der Waals surface area contributed by atoms with Crippen LogP contribution >= 0.6 is 0 Å². The van der Waals surface area contributed by atoms with E-state index in [0.717, 1.165) is 6.07 Å². The molecule has 0 saturated carbocycles. The second-order valence-electron chi connectivity index (χ2n) is 4.04. The number of hydrogen-bond acceptors (Lipinski definition) is 1. The molecule has 1 unspecified atom stereocenters. The summed E-state index contributed by atoms with van der Waals surface area (Å²) in [6, 6.07) is 8.87. The third-order valence-corrected chi connectivity index (χ3v) is 2.66. The van der Waals surface area contributed by atoms with E-state index < -0.39 is 11.6 Å². The smallest absolute Gasteiger partial charge is 0.131 e. The summed E-state index contributed by atoms with van der Waals surface area (Å²) in [6.45, 7) is 1.75. The third kappa shape index (κ3) is 2.83. The Labute approximate surface area is 103 Å². The van der Waals surface area contributed by atoms with Crippen molar-refractivity contribution in [3.63, 3.8) is 0 Å². The molecule has 4 heteroatoms. The van der Waals surface area contributed by atoms with Crippen LogP contribution in [0, 0.1) is 17.5 Å². The second-order valence-corrected chi connectivity index (χ2v) is 4.04. The lowest BCUT2D eigenvalue weighted by molar-refractivity contribution is 0.566. The van der Waals surface area contributed by atoms with Gasteiger partial charge in [-0.05, 0) is 37.3 Å². The lowest BCUT2D eigenvalue weighted by Gasteiger charge is -2.16. The Morgan fingerprint density at radius 2 is 1.50 bits per heavy atom. The Balaban J connectivity index is 2.16. The second kappa shape index (κ2) is 5.12. The summed E-state index contributed by atoms with van der Waals surface area (Å²) in [5.41, 5.74) is 1.04. The molecule has 1 nitrogen and oxygen atoms in total. The fourth-order valence-electron chi connectivity index (χ4n) is 1.73. The minimum Gasteiger partial charge on any atom is -0.378 e. The molecule has 2 aromatic rings. The highest BCUT2D eigenvalue weighted by Crippen LogP contribution is 2.22. The van der Waals surface area contributed by atoms with E-state index in [0.29, 0.717) is 11.3 Å². The van der Waals surface area contributed by atoms with Crippen LogP contribution in [0.3, 0.4) is 0 Å². The van der Waals surface area contributed by atoms with Crippen LogP contribution in [0.25, 0.3) is 0 Å². The van der Waals surface area contributed by atoms with Gasteiger partial charge in [-0.1, -0.05) is 6.07 Å². The number of halogens is 3. The van der Waals surface area contributed by atoms with Crippen LogP contribution in [-0.4, -0.2) is 0 Å². The van der Waals surface area contributed by atoms with Crippen molar-refractivity contribution in [1.29, 1.82) is 0 Å². The van der Waals surface area contributed by atoms with Crippen molar-refractivity contribution < 1.29 is 13.2 Å². The lowest BCUT2D eigenvalue weighted by atomic mass is 10.1. The topological polar surface area (TPSA) is 12.0 Å². The van der Waals surface area contributed by atoms with Crippen molar-refractivity contribution in [3.05, 3.63) is 65.5 Å². The van der Waals surface area contributed by atoms with Crippen LogP contribution in [0.1, 0.15) is 18.5 Å². The molecular formula is C14H12F3N. The zero-order valence-electron chi connectivity index (χ0n) is 9.75. The molecule has 2 rings (SSSR count). The number of hydrogen-bond donors (Lipinski definition) is 1. The average Bonchev–Trinajstić information content (AvgIpc) is 2.32. The van der Waals surface area contributed by atoms with Gasteiger partial charge in [-0.15, -0.1) is 0 Å². The van der Waals surface area contributed by atoms with E-state index in [1.54, 1.807) is 19.1 Å². The van der Waals surface area contributed by atoms with Gasteiger partial charge in [-0.25, -0.2) is 13.2 Å². The molecule has 0 aliphatic rings. The predicted molar refractivity (Wildman–Crippen MR) is 64.8 cm³/mol. The maximum absolute atomic E-state index is 13.5. The molecule has 94 valence electrons. The summed E-state index contributed by atoms with van der Waals surface area (Å²) in [6.07, 6.45) is 0. The zero-order valence-corrected chi connectivity index (χ0v) is 9.75. The van der Waals surface area contributed by atoms with Crippen LogP contribution in [0.2, 0.25) is 0 Å². The fourth-order valence-corrected chi connectivity index (χ4v) is 1.73. The highest BCUT2D eigenvalue weighted by atomic mass is 19.1. The Kier molecular flexibility index (Phi) is 3.55. The van der Waals surface area contributed by atoms with E-state index in [9.17, 15) is 13.2 Å². The molecule has 0 aromatic heterocycles. The first-order valence-electron chi connectivity index (χ1n) is 5.53. The first-order valence-corrected chi connectivity index (χ1v) is 5.53. The largest absolute Gasteiger partial charge is 0.378 e. The first kappa shape index (κ1) is 12.5.